The molecule has 1 aliphatic rings. The highest BCUT2D eigenvalue weighted by molar-refractivity contribution is 5.99. The highest BCUT2D eigenvalue weighted by Crippen LogP contribution is 2.27. The summed E-state index contributed by atoms with van der Waals surface area (Å²) in [6.07, 6.45) is 0. The zero-order chi connectivity index (χ0) is 20.8. The monoisotopic (exact) mass is 392 g/mol. The van der Waals surface area contributed by atoms with Gasteiger partial charge in [0.1, 0.15) is 11.7 Å². The van der Waals surface area contributed by atoms with Crippen LogP contribution in [0, 0.1) is 16.0 Å². The molecule has 0 aromatic heterocycles. The summed E-state index contributed by atoms with van der Waals surface area (Å²) >= 11 is 0. The van der Waals surface area contributed by atoms with Gasteiger partial charge in [0, 0.05) is 44.9 Å². The molecule has 0 bridgehead atoms. The number of nitrogens with one attached hydrogen (secondary N) is 1. The molecule has 28 heavy (non-hydrogen) atoms. The van der Waals surface area contributed by atoms with Crippen LogP contribution in [0.25, 0.3) is 0 Å². The van der Waals surface area contributed by atoms with Crippen LogP contribution in [-0.2, 0) is 9.53 Å². The lowest BCUT2D eigenvalue weighted by Gasteiger charge is -2.39. The fraction of sp³-hybridized carbons (Fsp3) is 0.579. The number of hydrogen-bond donors (Lipinski definition) is 1. The minimum atomic E-state index is -0.599. The Kier molecular flexibility index (Phi) is 7.33. The number of piperazine rings is 1. The van der Waals surface area contributed by atoms with Crippen LogP contribution in [-0.4, -0.2) is 72.5 Å². The maximum absolute atomic E-state index is 12.9. The van der Waals surface area contributed by atoms with E-state index in [1.54, 1.807) is 25.0 Å². The lowest BCUT2D eigenvalue weighted by Crippen LogP contribution is -2.58. The molecular weight excluding hydrogens is 364 g/mol. The van der Waals surface area contributed by atoms with Gasteiger partial charge in [-0.05, 0) is 25.0 Å². The molecule has 2 amide bonds. The van der Waals surface area contributed by atoms with Gasteiger partial charge in [-0.2, -0.15) is 0 Å². The fourth-order valence-electron chi connectivity index (χ4n) is 3.25. The number of benzene rings is 1. The predicted octanol–water partition coefficient (Wildman–Crippen LogP) is 1.98. The molecule has 0 radical (unpaired) electrons. The maximum atomic E-state index is 12.9. The van der Waals surface area contributed by atoms with Gasteiger partial charge in [-0.25, -0.2) is 0 Å². The van der Waals surface area contributed by atoms with Gasteiger partial charge in [-0.15, -0.1) is 0 Å². The van der Waals surface area contributed by atoms with E-state index in [0.717, 1.165) is 0 Å². The van der Waals surface area contributed by atoms with E-state index in [4.69, 9.17) is 4.74 Å². The number of amides is 2. The topological polar surface area (TPSA) is 105 Å². The first kappa shape index (κ1) is 21.6. The molecule has 154 valence electrons. The predicted molar refractivity (Wildman–Crippen MR) is 105 cm³/mol. The largest absolute Gasteiger partial charge is 0.383 e. The Bertz CT molecular complexity index is 737. The Morgan fingerprint density at radius 1 is 1.39 bits per heavy atom. The number of nitro groups is 1. The number of hydrogen-bond acceptors (Lipinski definition) is 6. The summed E-state index contributed by atoms with van der Waals surface area (Å²) < 4.78 is 4.93. The van der Waals surface area contributed by atoms with Crippen LogP contribution in [0.2, 0.25) is 0 Å². The Morgan fingerprint density at radius 2 is 2.11 bits per heavy atom. The molecule has 1 aromatic rings. The molecule has 2 rings (SSSR count). The average molecular weight is 392 g/mol. The number of carbonyl (C=O) groups is 2. The van der Waals surface area contributed by atoms with Crippen molar-refractivity contribution < 1.29 is 19.2 Å². The molecule has 1 heterocycles. The van der Waals surface area contributed by atoms with Crippen LogP contribution in [0.1, 0.15) is 31.1 Å². The number of ether oxygens (including phenoxy) is 1. The quantitative estimate of drug-likeness (QED) is 0.412. The number of rotatable bonds is 8. The first-order valence-electron chi connectivity index (χ1n) is 9.37. The Balaban J connectivity index is 2.18. The van der Waals surface area contributed by atoms with E-state index in [1.807, 2.05) is 13.8 Å². The smallest absolute Gasteiger partial charge is 0.293 e. The molecule has 1 fully saturated rings. The Morgan fingerprint density at radius 3 is 2.71 bits per heavy atom. The number of methoxy groups -OCH3 is 1. The van der Waals surface area contributed by atoms with E-state index >= 15 is 0 Å². The van der Waals surface area contributed by atoms with Crippen LogP contribution in [0.5, 0.6) is 0 Å². The lowest BCUT2D eigenvalue weighted by molar-refractivity contribution is -0.384. The summed E-state index contributed by atoms with van der Waals surface area (Å²) in [5.74, 6) is -0.128. The van der Waals surface area contributed by atoms with Gasteiger partial charge in [0.05, 0.1) is 11.5 Å². The molecule has 1 saturated heterocycles. The molecule has 1 atom stereocenters. The van der Waals surface area contributed by atoms with Gasteiger partial charge in [-0.1, -0.05) is 13.8 Å². The van der Waals surface area contributed by atoms with Crippen LogP contribution in [0.3, 0.4) is 0 Å². The standard InChI is InChI=1S/C19H28N4O5/c1-13(2)12-21-8-9-22(14(3)18(21)24)19(25)15-5-6-16(20-7-10-28-4)17(11-15)23(26)27/h5-6,11,13-14,20H,7-10,12H2,1-4H3/t14-/m0/s1. The molecule has 0 unspecified atom stereocenters. The summed E-state index contributed by atoms with van der Waals surface area (Å²) in [6.45, 7) is 8.10. The maximum Gasteiger partial charge on any atom is 0.293 e. The molecule has 1 aromatic carbocycles. The zero-order valence-electron chi connectivity index (χ0n) is 16.8. The van der Waals surface area contributed by atoms with Gasteiger partial charge < -0.3 is 19.9 Å². The van der Waals surface area contributed by atoms with E-state index in [2.05, 4.69) is 5.32 Å². The molecule has 0 spiro atoms. The number of anilines is 1. The average Bonchev–Trinajstić information content (AvgIpc) is 2.65. The van der Waals surface area contributed by atoms with Crippen molar-refractivity contribution in [1.29, 1.82) is 0 Å². The summed E-state index contributed by atoms with van der Waals surface area (Å²) in [4.78, 5) is 39.6. The minimum Gasteiger partial charge on any atom is -0.383 e. The van der Waals surface area contributed by atoms with E-state index in [-0.39, 0.29) is 23.1 Å². The number of nitrogens with zero attached hydrogens (tertiary/aromatic N) is 3. The van der Waals surface area contributed by atoms with Gasteiger partial charge in [-0.3, -0.25) is 19.7 Å². The van der Waals surface area contributed by atoms with Crippen molar-refractivity contribution in [2.75, 3.05) is 45.2 Å². The second kappa shape index (κ2) is 9.50. The summed E-state index contributed by atoms with van der Waals surface area (Å²) in [5, 5.41) is 14.3. The van der Waals surface area contributed by atoms with E-state index in [1.165, 1.54) is 17.0 Å². The van der Waals surface area contributed by atoms with E-state index in [0.29, 0.717) is 44.4 Å². The van der Waals surface area contributed by atoms with Crippen molar-refractivity contribution in [3.05, 3.63) is 33.9 Å². The molecule has 1 aliphatic heterocycles. The van der Waals surface area contributed by atoms with Crippen molar-refractivity contribution in [3.8, 4) is 0 Å². The number of nitro benzene ring substituents is 1. The highest BCUT2D eigenvalue weighted by atomic mass is 16.6. The van der Waals surface area contributed by atoms with Crippen molar-refractivity contribution in [1.82, 2.24) is 9.80 Å². The third-order valence-corrected chi connectivity index (χ3v) is 4.66. The second-order valence-corrected chi connectivity index (χ2v) is 7.26. The van der Waals surface area contributed by atoms with Gasteiger partial charge in [0.2, 0.25) is 5.91 Å². The Hall–Kier alpha value is -2.68. The normalized spacial score (nSPS) is 17.2. The summed E-state index contributed by atoms with van der Waals surface area (Å²) in [6, 6.07) is 3.72. The SMILES string of the molecule is COCCNc1ccc(C(=O)N2CCN(CC(C)C)C(=O)[C@@H]2C)cc1[N+](=O)[O-]. The third kappa shape index (κ3) is 4.98. The molecule has 9 nitrogen and oxygen atoms in total. The van der Waals surface area contributed by atoms with Crippen molar-refractivity contribution in [2.24, 2.45) is 5.92 Å². The number of carbonyl (C=O) groups excluding carboxylic acids is 2. The Labute approximate surface area is 164 Å². The summed E-state index contributed by atoms with van der Waals surface area (Å²) in [7, 11) is 1.54. The first-order valence-corrected chi connectivity index (χ1v) is 9.37. The van der Waals surface area contributed by atoms with Crippen LogP contribution < -0.4 is 5.32 Å². The van der Waals surface area contributed by atoms with Crippen molar-refractivity contribution in [2.45, 2.75) is 26.8 Å². The third-order valence-electron chi connectivity index (χ3n) is 4.66. The zero-order valence-corrected chi connectivity index (χ0v) is 16.8. The molecular formula is C19H28N4O5. The molecule has 0 saturated carbocycles. The fourth-order valence-corrected chi connectivity index (χ4v) is 3.25. The van der Waals surface area contributed by atoms with Crippen molar-refractivity contribution in [3.63, 3.8) is 0 Å². The molecule has 1 N–H and O–H groups in total. The van der Waals surface area contributed by atoms with E-state index in [9.17, 15) is 19.7 Å². The van der Waals surface area contributed by atoms with Gasteiger partial charge >= 0.3 is 0 Å². The second-order valence-electron chi connectivity index (χ2n) is 7.26. The van der Waals surface area contributed by atoms with Crippen LogP contribution in [0.15, 0.2) is 18.2 Å². The first-order chi connectivity index (χ1) is 13.3. The van der Waals surface area contributed by atoms with Gasteiger partial charge in [0.25, 0.3) is 11.6 Å². The van der Waals surface area contributed by atoms with Crippen LogP contribution >= 0.6 is 0 Å². The summed E-state index contributed by atoms with van der Waals surface area (Å²) in [5.41, 5.74) is 0.338. The highest BCUT2D eigenvalue weighted by Gasteiger charge is 2.35. The van der Waals surface area contributed by atoms with E-state index < -0.39 is 11.0 Å². The van der Waals surface area contributed by atoms with Crippen molar-refractivity contribution >= 4 is 23.2 Å². The lowest BCUT2D eigenvalue weighted by atomic mass is 10.1. The molecule has 0 aliphatic carbocycles. The minimum absolute atomic E-state index is 0.0966. The molecule has 9 heteroatoms. The van der Waals surface area contributed by atoms with Gasteiger partial charge in [0.15, 0.2) is 0 Å². The van der Waals surface area contributed by atoms with Crippen LogP contribution in [0.4, 0.5) is 11.4 Å².